The van der Waals surface area contributed by atoms with Gasteiger partial charge in [-0.05, 0) is 25.2 Å². The molecule has 0 aromatic rings. The van der Waals surface area contributed by atoms with Crippen molar-refractivity contribution in [2.24, 2.45) is 5.92 Å². The first-order valence-corrected chi connectivity index (χ1v) is 5.53. The van der Waals surface area contributed by atoms with Gasteiger partial charge >= 0.3 is 0 Å². The van der Waals surface area contributed by atoms with Gasteiger partial charge < -0.3 is 14.3 Å². The average Bonchev–Trinajstić information content (AvgIpc) is 2.25. The van der Waals surface area contributed by atoms with Gasteiger partial charge in [-0.2, -0.15) is 0 Å². The second-order valence-corrected chi connectivity index (χ2v) is 3.81. The third-order valence-corrected chi connectivity index (χ3v) is 2.66. The lowest BCUT2D eigenvalue weighted by Crippen LogP contribution is -2.25. The maximum atomic E-state index is 10.3. The molecule has 1 rings (SSSR count). The lowest BCUT2D eigenvalue weighted by atomic mass is 10.1. The summed E-state index contributed by atoms with van der Waals surface area (Å²) in [6.45, 7) is 3.55. The van der Waals surface area contributed by atoms with Gasteiger partial charge in [-0.25, -0.2) is 0 Å². The lowest BCUT2D eigenvalue weighted by Gasteiger charge is -2.24. The highest BCUT2D eigenvalue weighted by molar-refractivity contribution is 5.49. The van der Waals surface area contributed by atoms with Crippen LogP contribution in [0.5, 0.6) is 0 Å². The Labute approximate surface area is 85.8 Å². The van der Waals surface area contributed by atoms with E-state index >= 15 is 0 Å². The van der Waals surface area contributed by atoms with Crippen LogP contribution in [0, 0.1) is 5.92 Å². The Morgan fingerprint density at radius 2 is 2.43 bits per heavy atom. The topological polar surface area (TPSA) is 35.5 Å². The van der Waals surface area contributed by atoms with Crippen LogP contribution in [0.2, 0.25) is 0 Å². The molecule has 1 heterocycles. The summed E-state index contributed by atoms with van der Waals surface area (Å²) in [4.78, 5) is 10.3. The molecular weight excluding hydrogens is 180 g/mol. The number of hydrogen-bond donors (Lipinski definition) is 0. The van der Waals surface area contributed by atoms with Crippen LogP contribution in [0.15, 0.2) is 0 Å². The number of carbonyl (C=O) groups excluding carboxylic acids is 1. The molecule has 1 aliphatic heterocycles. The van der Waals surface area contributed by atoms with E-state index in [0.29, 0.717) is 18.9 Å². The van der Waals surface area contributed by atoms with Crippen LogP contribution in [0.1, 0.15) is 39.0 Å². The molecule has 0 spiro atoms. The van der Waals surface area contributed by atoms with Gasteiger partial charge in [0, 0.05) is 13.0 Å². The molecule has 1 fully saturated rings. The SMILES string of the molecule is CC[C@H](CC=O)COC1CCCCO1. The summed E-state index contributed by atoms with van der Waals surface area (Å²) in [5.41, 5.74) is 0. The fraction of sp³-hybridized carbons (Fsp3) is 0.909. The van der Waals surface area contributed by atoms with Crippen LogP contribution >= 0.6 is 0 Å². The first-order valence-electron chi connectivity index (χ1n) is 5.53. The molecule has 1 aliphatic rings. The molecule has 1 unspecified atom stereocenters. The molecule has 0 aliphatic carbocycles. The van der Waals surface area contributed by atoms with Crippen molar-refractivity contribution in [2.45, 2.75) is 45.3 Å². The van der Waals surface area contributed by atoms with E-state index in [1.165, 1.54) is 6.42 Å². The first kappa shape index (κ1) is 11.7. The summed E-state index contributed by atoms with van der Waals surface area (Å²) in [6.07, 6.45) is 5.87. The van der Waals surface area contributed by atoms with Crippen LogP contribution in [0.4, 0.5) is 0 Å². The molecule has 0 amide bonds. The van der Waals surface area contributed by atoms with Crippen molar-refractivity contribution in [1.29, 1.82) is 0 Å². The second kappa shape index (κ2) is 6.96. The molecule has 0 radical (unpaired) electrons. The van der Waals surface area contributed by atoms with Gasteiger partial charge in [0.05, 0.1) is 6.61 Å². The predicted molar refractivity (Wildman–Crippen MR) is 54.0 cm³/mol. The van der Waals surface area contributed by atoms with Crippen LogP contribution in [0.25, 0.3) is 0 Å². The summed E-state index contributed by atoms with van der Waals surface area (Å²) in [5.74, 6) is 0.359. The maximum Gasteiger partial charge on any atom is 0.157 e. The molecule has 3 heteroatoms. The number of aldehydes is 1. The summed E-state index contributed by atoms with van der Waals surface area (Å²) in [7, 11) is 0. The Bertz CT molecular complexity index is 153. The minimum Gasteiger partial charge on any atom is -0.353 e. The van der Waals surface area contributed by atoms with E-state index < -0.39 is 0 Å². The van der Waals surface area contributed by atoms with Gasteiger partial charge in [0.2, 0.25) is 0 Å². The van der Waals surface area contributed by atoms with Gasteiger partial charge in [0.15, 0.2) is 6.29 Å². The van der Waals surface area contributed by atoms with E-state index in [4.69, 9.17) is 9.47 Å². The maximum absolute atomic E-state index is 10.3. The van der Waals surface area contributed by atoms with E-state index in [9.17, 15) is 4.79 Å². The molecule has 3 nitrogen and oxygen atoms in total. The molecule has 0 aromatic carbocycles. The van der Waals surface area contributed by atoms with Gasteiger partial charge in [0.1, 0.15) is 6.29 Å². The zero-order valence-electron chi connectivity index (χ0n) is 8.91. The van der Waals surface area contributed by atoms with Crippen molar-refractivity contribution in [1.82, 2.24) is 0 Å². The molecule has 1 saturated heterocycles. The van der Waals surface area contributed by atoms with Crippen molar-refractivity contribution in [2.75, 3.05) is 13.2 Å². The number of ether oxygens (including phenoxy) is 2. The van der Waals surface area contributed by atoms with E-state index in [0.717, 1.165) is 32.2 Å². The Hall–Kier alpha value is -0.410. The zero-order valence-corrected chi connectivity index (χ0v) is 8.91. The number of carbonyl (C=O) groups is 1. The lowest BCUT2D eigenvalue weighted by molar-refractivity contribution is -0.169. The predicted octanol–water partition coefficient (Wildman–Crippen LogP) is 2.14. The summed E-state index contributed by atoms with van der Waals surface area (Å²) in [6, 6.07) is 0. The molecule has 82 valence electrons. The number of hydrogen-bond acceptors (Lipinski definition) is 3. The van der Waals surface area contributed by atoms with Crippen LogP contribution < -0.4 is 0 Å². The standard InChI is InChI=1S/C11H20O3/c1-2-10(6-7-12)9-14-11-5-3-4-8-13-11/h7,10-11H,2-6,8-9H2,1H3/t10-,11?/m1/s1. The van der Waals surface area contributed by atoms with E-state index in [-0.39, 0.29) is 6.29 Å². The van der Waals surface area contributed by atoms with E-state index in [1.54, 1.807) is 0 Å². The van der Waals surface area contributed by atoms with Crippen LogP contribution in [0.3, 0.4) is 0 Å². The minimum atomic E-state index is -0.0237. The fourth-order valence-electron chi connectivity index (χ4n) is 1.57. The molecular formula is C11H20O3. The zero-order chi connectivity index (χ0) is 10.2. The van der Waals surface area contributed by atoms with Crippen molar-refractivity contribution < 1.29 is 14.3 Å². The highest BCUT2D eigenvalue weighted by atomic mass is 16.7. The van der Waals surface area contributed by atoms with Crippen molar-refractivity contribution >= 4 is 6.29 Å². The van der Waals surface area contributed by atoms with Crippen molar-refractivity contribution in [3.63, 3.8) is 0 Å². The largest absolute Gasteiger partial charge is 0.353 e. The van der Waals surface area contributed by atoms with Crippen molar-refractivity contribution in [3.05, 3.63) is 0 Å². The van der Waals surface area contributed by atoms with Crippen LogP contribution in [-0.4, -0.2) is 25.8 Å². The Morgan fingerprint density at radius 1 is 1.57 bits per heavy atom. The fourth-order valence-corrected chi connectivity index (χ4v) is 1.57. The Morgan fingerprint density at radius 3 is 3.00 bits per heavy atom. The minimum absolute atomic E-state index is 0.0237. The van der Waals surface area contributed by atoms with Gasteiger partial charge in [-0.15, -0.1) is 0 Å². The Balaban J connectivity index is 2.13. The Kier molecular flexibility index (Phi) is 5.80. The quantitative estimate of drug-likeness (QED) is 0.616. The third kappa shape index (κ3) is 4.20. The van der Waals surface area contributed by atoms with Crippen molar-refractivity contribution in [3.8, 4) is 0 Å². The monoisotopic (exact) mass is 200 g/mol. The molecule has 14 heavy (non-hydrogen) atoms. The summed E-state index contributed by atoms with van der Waals surface area (Å²) < 4.78 is 11.0. The van der Waals surface area contributed by atoms with Gasteiger partial charge in [-0.1, -0.05) is 13.3 Å². The highest BCUT2D eigenvalue weighted by Gasteiger charge is 2.15. The average molecular weight is 200 g/mol. The summed E-state index contributed by atoms with van der Waals surface area (Å²) in [5, 5.41) is 0. The van der Waals surface area contributed by atoms with Crippen LogP contribution in [-0.2, 0) is 14.3 Å². The normalized spacial score (nSPS) is 24.5. The van der Waals surface area contributed by atoms with Gasteiger partial charge in [-0.3, -0.25) is 0 Å². The van der Waals surface area contributed by atoms with Gasteiger partial charge in [0.25, 0.3) is 0 Å². The highest BCUT2D eigenvalue weighted by Crippen LogP contribution is 2.16. The molecule has 0 aromatic heterocycles. The number of rotatable bonds is 6. The smallest absolute Gasteiger partial charge is 0.157 e. The summed E-state index contributed by atoms with van der Waals surface area (Å²) >= 11 is 0. The van der Waals surface area contributed by atoms with E-state index in [1.807, 2.05) is 0 Å². The molecule has 2 atom stereocenters. The molecule has 0 saturated carbocycles. The molecule has 0 bridgehead atoms. The second-order valence-electron chi connectivity index (χ2n) is 3.81. The molecule has 0 N–H and O–H groups in total. The first-order chi connectivity index (χ1) is 6.86. The van der Waals surface area contributed by atoms with E-state index in [2.05, 4.69) is 6.92 Å². The third-order valence-electron chi connectivity index (χ3n) is 2.66.